The van der Waals surface area contributed by atoms with Crippen molar-refractivity contribution >= 4 is 0 Å². The SMILES string of the molecule is CCCCCCC1(CCCCCC)c2cc(C)ccc2Cc2ccc(C)cc21. The summed E-state index contributed by atoms with van der Waals surface area (Å²) in [6, 6.07) is 14.5. The van der Waals surface area contributed by atoms with E-state index in [0.29, 0.717) is 0 Å². The number of fused-ring (bicyclic) bond motifs is 2. The lowest BCUT2D eigenvalue weighted by Gasteiger charge is -2.42. The zero-order valence-corrected chi connectivity index (χ0v) is 18.7. The maximum atomic E-state index is 2.53. The third kappa shape index (κ3) is 4.53. The summed E-state index contributed by atoms with van der Waals surface area (Å²) in [6.45, 7) is 9.17. The Hall–Kier alpha value is -1.56. The van der Waals surface area contributed by atoms with Gasteiger partial charge in [-0.1, -0.05) is 113 Å². The van der Waals surface area contributed by atoms with E-state index in [1.165, 1.54) is 75.3 Å². The number of rotatable bonds is 10. The molecule has 2 aromatic rings. The average molecular weight is 377 g/mol. The lowest BCUT2D eigenvalue weighted by atomic mass is 9.61. The summed E-state index contributed by atoms with van der Waals surface area (Å²) in [7, 11) is 0. The molecule has 0 amide bonds. The minimum atomic E-state index is 0.225. The van der Waals surface area contributed by atoms with Crippen LogP contribution in [0.15, 0.2) is 36.4 Å². The van der Waals surface area contributed by atoms with Crippen LogP contribution in [0.4, 0.5) is 0 Å². The van der Waals surface area contributed by atoms with Crippen LogP contribution in [0.1, 0.15) is 111 Å². The molecular weight excluding hydrogens is 336 g/mol. The van der Waals surface area contributed by atoms with E-state index < -0.39 is 0 Å². The van der Waals surface area contributed by atoms with E-state index in [4.69, 9.17) is 0 Å². The molecule has 0 aromatic heterocycles. The Balaban J connectivity index is 2.05. The second-order valence-electron chi connectivity index (χ2n) is 9.20. The molecule has 0 atom stereocenters. The molecule has 3 rings (SSSR count). The van der Waals surface area contributed by atoms with Crippen LogP contribution in [0.3, 0.4) is 0 Å². The van der Waals surface area contributed by atoms with Crippen LogP contribution < -0.4 is 0 Å². The highest BCUT2D eigenvalue weighted by Gasteiger charge is 2.39. The summed E-state index contributed by atoms with van der Waals surface area (Å²) in [5, 5.41) is 0. The van der Waals surface area contributed by atoms with Crippen LogP contribution in [0.25, 0.3) is 0 Å². The molecule has 0 nitrogen and oxygen atoms in total. The summed E-state index contributed by atoms with van der Waals surface area (Å²) in [5.74, 6) is 0. The molecule has 0 unspecified atom stereocenters. The molecule has 0 aliphatic heterocycles. The standard InChI is InChI=1S/C28H40/c1-5-7-9-11-17-28(18-12-10-8-6-2)26-19-22(3)13-15-24(26)21-25-16-14-23(4)20-27(25)28/h13-16,19-20H,5-12,17-18,21H2,1-4H3. The van der Waals surface area contributed by atoms with Crippen molar-refractivity contribution < 1.29 is 0 Å². The van der Waals surface area contributed by atoms with Gasteiger partial charge in [0.2, 0.25) is 0 Å². The minimum absolute atomic E-state index is 0.225. The van der Waals surface area contributed by atoms with Crippen molar-refractivity contribution in [1.82, 2.24) is 0 Å². The molecule has 1 aliphatic rings. The number of benzene rings is 2. The maximum Gasteiger partial charge on any atom is 0.0208 e. The first-order valence-electron chi connectivity index (χ1n) is 11.8. The van der Waals surface area contributed by atoms with E-state index in [1.54, 1.807) is 22.3 Å². The molecule has 0 N–H and O–H groups in total. The lowest BCUT2D eigenvalue weighted by molar-refractivity contribution is 0.383. The van der Waals surface area contributed by atoms with Gasteiger partial charge >= 0.3 is 0 Å². The minimum Gasteiger partial charge on any atom is -0.0654 e. The molecule has 0 fully saturated rings. The molecular formula is C28H40. The second-order valence-corrected chi connectivity index (χ2v) is 9.20. The molecule has 0 bridgehead atoms. The van der Waals surface area contributed by atoms with Crippen LogP contribution in [-0.4, -0.2) is 0 Å². The first-order valence-corrected chi connectivity index (χ1v) is 11.8. The molecule has 0 heteroatoms. The summed E-state index contributed by atoms with van der Waals surface area (Å²) >= 11 is 0. The topological polar surface area (TPSA) is 0 Å². The Labute approximate surface area is 173 Å². The quantitative estimate of drug-likeness (QED) is 0.365. The van der Waals surface area contributed by atoms with Gasteiger partial charge in [-0.2, -0.15) is 0 Å². The Morgan fingerprint density at radius 2 is 1.11 bits per heavy atom. The summed E-state index contributed by atoms with van der Waals surface area (Å²) in [5.41, 5.74) is 9.52. The zero-order chi connectivity index (χ0) is 20.0. The van der Waals surface area contributed by atoms with Gasteiger partial charge in [-0.25, -0.2) is 0 Å². The fraction of sp³-hybridized carbons (Fsp3) is 0.571. The number of hydrogen-bond acceptors (Lipinski definition) is 0. The predicted molar refractivity (Wildman–Crippen MR) is 123 cm³/mol. The third-order valence-corrected chi connectivity index (χ3v) is 6.86. The Morgan fingerprint density at radius 3 is 1.54 bits per heavy atom. The van der Waals surface area contributed by atoms with Gasteiger partial charge < -0.3 is 0 Å². The first-order chi connectivity index (χ1) is 13.6. The molecule has 0 heterocycles. The van der Waals surface area contributed by atoms with Crippen LogP contribution in [0.2, 0.25) is 0 Å². The Kier molecular flexibility index (Phi) is 7.38. The zero-order valence-electron chi connectivity index (χ0n) is 18.7. The van der Waals surface area contributed by atoms with Gasteiger partial charge in [0.05, 0.1) is 0 Å². The highest BCUT2D eigenvalue weighted by atomic mass is 14.4. The second kappa shape index (κ2) is 9.77. The van der Waals surface area contributed by atoms with Crippen molar-refractivity contribution in [2.45, 2.75) is 104 Å². The molecule has 0 radical (unpaired) electrons. The highest BCUT2D eigenvalue weighted by molar-refractivity contribution is 5.55. The molecule has 0 saturated carbocycles. The number of aryl methyl sites for hydroxylation is 2. The number of unbranched alkanes of at least 4 members (excludes halogenated alkanes) is 6. The monoisotopic (exact) mass is 376 g/mol. The highest BCUT2D eigenvalue weighted by Crippen LogP contribution is 2.49. The lowest BCUT2D eigenvalue weighted by Crippen LogP contribution is -2.34. The maximum absolute atomic E-state index is 2.53. The molecule has 0 spiro atoms. The molecule has 152 valence electrons. The van der Waals surface area contributed by atoms with Crippen molar-refractivity contribution in [2.24, 2.45) is 0 Å². The van der Waals surface area contributed by atoms with Gasteiger partial charge in [0.25, 0.3) is 0 Å². The molecule has 28 heavy (non-hydrogen) atoms. The van der Waals surface area contributed by atoms with E-state index >= 15 is 0 Å². The van der Waals surface area contributed by atoms with E-state index in [9.17, 15) is 0 Å². The summed E-state index contributed by atoms with van der Waals surface area (Å²) < 4.78 is 0. The molecule has 1 aliphatic carbocycles. The van der Waals surface area contributed by atoms with Crippen molar-refractivity contribution in [3.63, 3.8) is 0 Å². The molecule has 2 aromatic carbocycles. The van der Waals surface area contributed by atoms with E-state index in [-0.39, 0.29) is 5.41 Å². The van der Waals surface area contributed by atoms with Crippen LogP contribution >= 0.6 is 0 Å². The van der Waals surface area contributed by atoms with Crippen molar-refractivity contribution in [1.29, 1.82) is 0 Å². The van der Waals surface area contributed by atoms with Crippen LogP contribution in [0.5, 0.6) is 0 Å². The van der Waals surface area contributed by atoms with Gasteiger partial charge in [0.1, 0.15) is 0 Å². The summed E-state index contributed by atoms with van der Waals surface area (Å²) in [4.78, 5) is 0. The normalized spacial score (nSPS) is 14.6. The van der Waals surface area contributed by atoms with E-state index in [1.807, 2.05) is 0 Å². The van der Waals surface area contributed by atoms with E-state index in [2.05, 4.69) is 64.1 Å². The predicted octanol–water partition coefficient (Wildman–Crippen LogP) is 8.43. The van der Waals surface area contributed by atoms with E-state index in [0.717, 1.165) is 6.42 Å². The smallest absolute Gasteiger partial charge is 0.0208 e. The van der Waals surface area contributed by atoms with Crippen molar-refractivity contribution in [3.05, 3.63) is 69.8 Å². The fourth-order valence-corrected chi connectivity index (χ4v) is 5.30. The summed E-state index contributed by atoms with van der Waals surface area (Å²) in [6.07, 6.45) is 14.5. The van der Waals surface area contributed by atoms with Gasteiger partial charge in [-0.3, -0.25) is 0 Å². The molecule has 0 saturated heterocycles. The van der Waals surface area contributed by atoms with Crippen LogP contribution in [-0.2, 0) is 11.8 Å². The van der Waals surface area contributed by atoms with Gasteiger partial charge in [-0.05, 0) is 55.4 Å². The van der Waals surface area contributed by atoms with Gasteiger partial charge in [-0.15, -0.1) is 0 Å². The Morgan fingerprint density at radius 1 is 0.643 bits per heavy atom. The first kappa shape index (κ1) is 21.2. The van der Waals surface area contributed by atoms with Gasteiger partial charge in [0.15, 0.2) is 0 Å². The average Bonchev–Trinajstić information content (AvgIpc) is 2.69. The van der Waals surface area contributed by atoms with Crippen molar-refractivity contribution in [2.75, 3.05) is 0 Å². The number of hydrogen-bond donors (Lipinski definition) is 0. The third-order valence-electron chi connectivity index (χ3n) is 6.86. The van der Waals surface area contributed by atoms with Gasteiger partial charge in [0, 0.05) is 5.41 Å². The largest absolute Gasteiger partial charge is 0.0654 e. The fourth-order valence-electron chi connectivity index (χ4n) is 5.30. The van der Waals surface area contributed by atoms with Crippen LogP contribution in [0, 0.1) is 13.8 Å². The van der Waals surface area contributed by atoms with Crippen molar-refractivity contribution in [3.8, 4) is 0 Å². The Bertz CT molecular complexity index is 702.